The van der Waals surface area contributed by atoms with Crippen molar-refractivity contribution in [3.05, 3.63) is 69.5 Å². The zero-order chi connectivity index (χ0) is 30.4. The number of cyclic esters (lactones) is 1. The summed E-state index contributed by atoms with van der Waals surface area (Å²) in [5, 5.41) is 0. The van der Waals surface area contributed by atoms with Gasteiger partial charge in [-0.05, 0) is 79.5 Å². The number of carbonyl (C=O) groups excluding carboxylic acids is 1. The van der Waals surface area contributed by atoms with E-state index in [1.807, 2.05) is 0 Å². The van der Waals surface area contributed by atoms with Crippen molar-refractivity contribution in [3.8, 4) is 5.75 Å². The van der Waals surface area contributed by atoms with E-state index in [1.54, 1.807) is 26.8 Å². The van der Waals surface area contributed by atoms with Crippen LogP contribution in [0.25, 0.3) is 5.57 Å². The number of methoxy groups -OCH3 is 1. The van der Waals surface area contributed by atoms with E-state index in [1.165, 1.54) is 31.1 Å². The normalized spacial score (nSPS) is 22.0. The van der Waals surface area contributed by atoms with Gasteiger partial charge in [0.15, 0.2) is 0 Å². The Morgan fingerprint density at radius 3 is 2.34 bits per heavy atom. The minimum absolute atomic E-state index is 0.0204. The quantitative estimate of drug-likeness (QED) is 0.317. The molecule has 0 spiro atoms. The molecule has 2 aliphatic rings. The molecular weight excluding hydrogens is 555 g/mol. The van der Waals surface area contributed by atoms with Crippen molar-refractivity contribution in [2.75, 3.05) is 13.7 Å². The number of hydrogen-bond donors (Lipinski definition) is 0. The maximum absolute atomic E-state index is 14.7. The first-order valence-electron chi connectivity index (χ1n) is 13.3. The number of hydrogen-bond acceptors (Lipinski definition) is 3. The zero-order valence-electron chi connectivity index (χ0n) is 23.3. The van der Waals surface area contributed by atoms with Crippen LogP contribution in [0.3, 0.4) is 0 Å². The Kier molecular flexibility index (Phi) is 8.40. The van der Waals surface area contributed by atoms with Gasteiger partial charge in [-0.15, -0.1) is 0 Å². The van der Waals surface area contributed by atoms with Gasteiger partial charge in [0.2, 0.25) is 0 Å². The SMILES string of the molecule is COc1cc(F)c(C(C)C)cc1C1=C(CN2C(=O)O[C@H](c3cc(C)cc(C(F)(F)F)c3)[C@@H]2C)CC(C(F)(F)F)CC1. The van der Waals surface area contributed by atoms with Gasteiger partial charge in [0.25, 0.3) is 0 Å². The molecule has 1 aliphatic carbocycles. The van der Waals surface area contributed by atoms with Crippen LogP contribution in [0, 0.1) is 18.7 Å². The van der Waals surface area contributed by atoms with Gasteiger partial charge in [-0.3, -0.25) is 4.90 Å². The van der Waals surface area contributed by atoms with Crippen LogP contribution in [0.15, 0.2) is 35.9 Å². The number of carbonyl (C=O) groups is 1. The number of aryl methyl sites for hydroxylation is 1. The topological polar surface area (TPSA) is 38.8 Å². The van der Waals surface area contributed by atoms with Gasteiger partial charge >= 0.3 is 18.4 Å². The largest absolute Gasteiger partial charge is 0.496 e. The second-order valence-corrected chi connectivity index (χ2v) is 11.1. The van der Waals surface area contributed by atoms with E-state index in [2.05, 4.69) is 0 Å². The van der Waals surface area contributed by atoms with E-state index in [0.29, 0.717) is 27.8 Å². The number of amides is 1. The van der Waals surface area contributed by atoms with Gasteiger partial charge in [-0.2, -0.15) is 26.3 Å². The molecule has 0 N–H and O–H groups in total. The van der Waals surface area contributed by atoms with E-state index in [4.69, 9.17) is 9.47 Å². The second kappa shape index (κ2) is 11.2. The lowest BCUT2D eigenvalue weighted by Crippen LogP contribution is -2.36. The van der Waals surface area contributed by atoms with Crippen LogP contribution in [0.2, 0.25) is 0 Å². The molecule has 0 bridgehead atoms. The molecule has 1 unspecified atom stereocenters. The molecule has 1 heterocycles. The third-order valence-electron chi connectivity index (χ3n) is 7.90. The monoisotopic (exact) mass is 587 g/mol. The average molecular weight is 588 g/mol. The van der Waals surface area contributed by atoms with Gasteiger partial charge in [0, 0.05) is 18.2 Å². The molecule has 41 heavy (non-hydrogen) atoms. The summed E-state index contributed by atoms with van der Waals surface area (Å²) in [5.41, 5.74) is 1.27. The number of ether oxygens (including phenoxy) is 2. The predicted octanol–water partition coefficient (Wildman–Crippen LogP) is 8.98. The van der Waals surface area contributed by atoms with E-state index in [-0.39, 0.29) is 43.0 Å². The number of benzene rings is 2. The summed E-state index contributed by atoms with van der Waals surface area (Å²) in [6, 6.07) is 5.43. The molecule has 3 atom stereocenters. The predicted molar refractivity (Wildman–Crippen MR) is 139 cm³/mol. The van der Waals surface area contributed by atoms with Crippen LogP contribution in [-0.2, 0) is 10.9 Å². The number of allylic oxidation sites excluding steroid dienone is 1. The fourth-order valence-electron chi connectivity index (χ4n) is 5.71. The highest BCUT2D eigenvalue weighted by atomic mass is 19.4. The van der Waals surface area contributed by atoms with E-state index < -0.39 is 47.9 Å². The van der Waals surface area contributed by atoms with Crippen LogP contribution in [0.5, 0.6) is 5.75 Å². The Morgan fingerprint density at radius 1 is 1.07 bits per heavy atom. The lowest BCUT2D eigenvalue weighted by atomic mass is 9.79. The fraction of sp³-hybridized carbons (Fsp3) is 0.500. The van der Waals surface area contributed by atoms with Crippen molar-refractivity contribution in [2.45, 2.75) is 77.4 Å². The standard InChI is InChI=1S/C30H32F7NO3/c1-15(2)23-12-24(26(40-5)13-25(23)31)22-7-6-20(29(32,33)34)11-19(22)14-38-17(4)27(41-28(38)39)18-8-16(3)9-21(10-18)30(35,36)37/h8-10,12-13,15,17,20,27H,6-7,11,14H2,1-5H3/t17-,20?,27-/m0/s1. The molecule has 1 fully saturated rings. The maximum Gasteiger partial charge on any atom is 0.416 e. The molecule has 0 aromatic heterocycles. The molecule has 4 nitrogen and oxygen atoms in total. The first-order valence-corrected chi connectivity index (χ1v) is 13.3. The number of nitrogens with zero attached hydrogens (tertiary/aromatic N) is 1. The van der Waals surface area contributed by atoms with E-state index >= 15 is 0 Å². The molecule has 1 aliphatic heterocycles. The van der Waals surface area contributed by atoms with Crippen LogP contribution in [-0.4, -0.2) is 36.9 Å². The lowest BCUT2D eigenvalue weighted by Gasteiger charge is -2.32. The van der Waals surface area contributed by atoms with Gasteiger partial charge in [0.1, 0.15) is 17.7 Å². The minimum Gasteiger partial charge on any atom is -0.496 e. The summed E-state index contributed by atoms with van der Waals surface area (Å²) in [4.78, 5) is 14.2. The van der Waals surface area contributed by atoms with Gasteiger partial charge < -0.3 is 9.47 Å². The lowest BCUT2D eigenvalue weighted by molar-refractivity contribution is -0.176. The van der Waals surface area contributed by atoms with Crippen molar-refractivity contribution in [1.82, 2.24) is 4.90 Å². The smallest absolute Gasteiger partial charge is 0.416 e. The number of rotatable bonds is 6. The number of alkyl halides is 6. The molecule has 0 radical (unpaired) electrons. The van der Waals surface area contributed by atoms with Crippen molar-refractivity contribution in [2.24, 2.45) is 5.92 Å². The summed E-state index contributed by atoms with van der Waals surface area (Å²) >= 11 is 0. The molecule has 1 saturated heterocycles. The highest BCUT2D eigenvalue weighted by molar-refractivity contribution is 5.77. The van der Waals surface area contributed by atoms with E-state index in [0.717, 1.165) is 12.1 Å². The highest BCUT2D eigenvalue weighted by Gasteiger charge is 2.45. The molecule has 224 valence electrons. The Labute approximate surface area is 234 Å². The molecular formula is C30H32F7NO3. The molecule has 0 saturated carbocycles. The molecule has 1 amide bonds. The molecule has 2 aromatic rings. The van der Waals surface area contributed by atoms with Crippen molar-refractivity contribution in [1.29, 1.82) is 0 Å². The summed E-state index contributed by atoms with van der Waals surface area (Å²) in [6.45, 7) is 6.44. The summed E-state index contributed by atoms with van der Waals surface area (Å²) < 4.78 is 107. The van der Waals surface area contributed by atoms with Crippen LogP contribution < -0.4 is 4.74 Å². The van der Waals surface area contributed by atoms with Gasteiger partial charge in [-0.1, -0.05) is 25.5 Å². The highest BCUT2D eigenvalue weighted by Crippen LogP contribution is 2.47. The summed E-state index contributed by atoms with van der Waals surface area (Å²) in [5.74, 6) is -2.18. The Bertz CT molecular complexity index is 1350. The second-order valence-electron chi connectivity index (χ2n) is 11.1. The Balaban J connectivity index is 1.76. The molecule has 2 aromatic carbocycles. The van der Waals surface area contributed by atoms with Crippen molar-refractivity contribution < 1.29 is 45.0 Å². The Morgan fingerprint density at radius 2 is 1.76 bits per heavy atom. The van der Waals surface area contributed by atoms with Crippen molar-refractivity contribution in [3.63, 3.8) is 0 Å². The van der Waals surface area contributed by atoms with Crippen LogP contribution >= 0.6 is 0 Å². The van der Waals surface area contributed by atoms with Gasteiger partial charge in [0.05, 0.1) is 24.6 Å². The summed E-state index contributed by atoms with van der Waals surface area (Å²) in [7, 11) is 1.34. The third-order valence-corrected chi connectivity index (χ3v) is 7.90. The van der Waals surface area contributed by atoms with Gasteiger partial charge in [-0.25, -0.2) is 9.18 Å². The van der Waals surface area contributed by atoms with Crippen molar-refractivity contribution >= 4 is 11.7 Å². The average Bonchev–Trinajstić information content (AvgIpc) is 3.15. The third kappa shape index (κ3) is 6.33. The molecule has 11 heteroatoms. The fourth-order valence-corrected chi connectivity index (χ4v) is 5.71. The first kappa shape index (κ1) is 30.7. The van der Waals surface area contributed by atoms with Crippen LogP contribution in [0.4, 0.5) is 35.5 Å². The summed E-state index contributed by atoms with van der Waals surface area (Å²) in [6.07, 6.45) is -11.5. The Hall–Kier alpha value is -3.24. The van der Waals surface area contributed by atoms with E-state index in [9.17, 15) is 35.5 Å². The minimum atomic E-state index is -4.61. The maximum atomic E-state index is 14.7. The number of halogens is 7. The zero-order valence-corrected chi connectivity index (χ0v) is 23.3. The van der Waals surface area contributed by atoms with Crippen LogP contribution in [0.1, 0.15) is 79.9 Å². The molecule has 4 rings (SSSR count). The first-order chi connectivity index (χ1) is 19.0.